The van der Waals surface area contributed by atoms with E-state index in [0.29, 0.717) is 91.2 Å². The van der Waals surface area contributed by atoms with Gasteiger partial charge in [0.1, 0.15) is 17.2 Å². The Labute approximate surface area is 520 Å². The molecular weight excluding hydrogens is 1130 g/mol. The Balaban J connectivity index is 0.709. The third kappa shape index (κ3) is 17.3. The summed E-state index contributed by atoms with van der Waals surface area (Å²) in [5.41, 5.74) is 16.3. The normalized spacial score (nSPS) is 13.0. The molecule has 1 atom stereocenters. The lowest BCUT2D eigenvalue weighted by Crippen LogP contribution is -2.51. The van der Waals surface area contributed by atoms with Gasteiger partial charge < -0.3 is 50.7 Å². The lowest BCUT2D eigenvalue weighted by atomic mass is 9.86. The molecule has 1 fully saturated rings. The van der Waals surface area contributed by atoms with Crippen LogP contribution in [-0.2, 0) is 28.6 Å². The predicted octanol–water partition coefficient (Wildman–Crippen LogP) is 10.5. The molecule has 1 aromatic heterocycles. The lowest BCUT2D eigenvalue weighted by molar-refractivity contribution is -0.137. The van der Waals surface area contributed by atoms with E-state index in [1.807, 2.05) is 92.8 Å². The van der Waals surface area contributed by atoms with Crippen LogP contribution in [0.5, 0.6) is 11.5 Å². The second-order valence-electron chi connectivity index (χ2n) is 23.5. The van der Waals surface area contributed by atoms with E-state index in [9.17, 15) is 29.1 Å². The van der Waals surface area contributed by atoms with Crippen LogP contribution in [-0.4, -0.2) is 120 Å². The fraction of sp³-hybridized carbons (Fsp3) is 0.353. The summed E-state index contributed by atoms with van der Waals surface area (Å²) in [6.45, 7) is 14.6. The van der Waals surface area contributed by atoms with Crippen molar-refractivity contribution in [2.75, 3.05) is 88.5 Å². The molecule has 88 heavy (non-hydrogen) atoms. The van der Waals surface area contributed by atoms with Crippen LogP contribution in [0.4, 0.5) is 28.6 Å². The zero-order valence-corrected chi connectivity index (χ0v) is 52.8. The number of amides is 3. The highest BCUT2D eigenvalue weighted by Gasteiger charge is 2.26. The minimum absolute atomic E-state index is 0.0282. The predicted molar refractivity (Wildman–Crippen MR) is 351 cm³/mol. The Kier molecular flexibility index (Phi) is 22.1. The number of carbonyl (C=O) groups excluding carboxylic acids is 3. The number of carboxylic acids is 1. The Morgan fingerprint density at radius 1 is 0.830 bits per heavy atom. The molecule has 0 aliphatic carbocycles. The Morgan fingerprint density at radius 3 is 2.19 bits per heavy atom. The Hall–Kier alpha value is -8.69. The molecule has 3 amide bonds. The van der Waals surface area contributed by atoms with E-state index in [4.69, 9.17) is 26.0 Å². The first-order valence-corrected chi connectivity index (χ1v) is 30.5. The van der Waals surface area contributed by atoms with Gasteiger partial charge in [-0.05, 0) is 163 Å². The number of carboxylic acid groups (broad SMARTS) is 1. The number of aromatic nitrogens is 2. The van der Waals surface area contributed by atoms with Crippen molar-refractivity contribution < 1.29 is 33.8 Å². The van der Waals surface area contributed by atoms with Gasteiger partial charge in [0.05, 0.1) is 38.1 Å². The number of ether oxygens (including phenoxy) is 2. The number of hydrogen-bond acceptors (Lipinski definition) is 15. The number of aryl methyl sites for hydroxylation is 2. The highest BCUT2D eigenvalue weighted by molar-refractivity contribution is 7.97. The van der Waals surface area contributed by atoms with Gasteiger partial charge in [0.25, 0.3) is 17.4 Å². The van der Waals surface area contributed by atoms with Gasteiger partial charge in [-0.15, -0.1) is 0 Å². The smallest absolute Gasteiger partial charge is 0.304 e. The molecule has 6 aromatic carbocycles. The molecule has 2 heterocycles. The number of methoxy groups -OCH3 is 1. The van der Waals surface area contributed by atoms with Crippen molar-refractivity contribution in [3.8, 4) is 22.8 Å². The Morgan fingerprint density at radius 2 is 1.52 bits per heavy atom. The molecule has 0 radical (unpaired) electrons. The van der Waals surface area contributed by atoms with E-state index < -0.39 is 11.9 Å². The van der Waals surface area contributed by atoms with E-state index in [1.54, 1.807) is 73.5 Å². The molecule has 0 bridgehead atoms. The fourth-order valence-corrected chi connectivity index (χ4v) is 11.5. The molecule has 0 spiro atoms. The number of nitrogen functional groups attached to an aromatic ring is 1. The largest absolute Gasteiger partial charge is 0.494 e. The molecule has 1 aliphatic rings. The van der Waals surface area contributed by atoms with Crippen molar-refractivity contribution in [3.05, 3.63) is 182 Å². The summed E-state index contributed by atoms with van der Waals surface area (Å²) < 4.78 is 15.3. The SMILES string of the molecule is COc1cc(C(CC(=O)O)c2ccc(C)c(CN(C)Sc3ccc(OCCCCCCNC(=O)CN4CCN(C(=O)c5ccc(Nc6nc(-c7cccc(NC(=O)c8ccc(C(C)(C)C)cc8)c7C)cn(C)c6=O)cc5)CC4)cc3)c2)cc(N)c1N(C)N. The number of nitrogens with zero attached hydrogens (tertiary/aromatic N) is 6. The zero-order valence-electron chi connectivity index (χ0n) is 51.9. The summed E-state index contributed by atoms with van der Waals surface area (Å²) in [7, 11) is 6.90. The number of piperazine rings is 1. The van der Waals surface area contributed by atoms with Gasteiger partial charge in [-0.2, -0.15) is 0 Å². The average molecular weight is 1210 g/mol. The van der Waals surface area contributed by atoms with Crippen LogP contribution in [0.3, 0.4) is 0 Å². The molecule has 7 aromatic rings. The van der Waals surface area contributed by atoms with Gasteiger partial charge in [-0.25, -0.2) is 15.1 Å². The van der Waals surface area contributed by atoms with Crippen LogP contribution in [0.15, 0.2) is 137 Å². The summed E-state index contributed by atoms with van der Waals surface area (Å²) in [5.74, 6) is 5.65. The van der Waals surface area contributed by atoms with Crippen LogP contribution in [0.25, 0.3) is 11.3 Å². The second-order valence-corrected chi connectivity index (χ2v) is 24.8. The first-order chi connectivity index (χ1) is 42.0. The number of hydrazine groups is 1. The standard InChI is InChI=1S/C68H83N11O8S/c1-44-17-18-48(56(40-62(81)82)49-38-57(69)63(77(8)70)60(39-49)86-9)37-50(44)41-76(7)88-54-29-27-53(28-30-54)87-36-13-11-10-12-31-71-61(80)43-78-32-34-79(35-33-78)66(84)47-21-25-52(26-22-47)72-64-67(85)75(6)42-59(73-64)55-15-14-16-58(45(55)2)74-65(83)46-19-23-51(24-20-46)68(3,4)5/h14-30,37-39,42,56H,10-13,31-36,40-41,43,69-70H2,1-9H3,(H,71,80)(H,72,73)(H,74,83)(H,81,82). The van der Waals surface area contributed by atoms with E-state index in [-0.39, 0.29) is 47.5 Å². The third-order valence-corrected chi connectivity index (χ3v) is 16.7. The summed E-state index contributed by atoms with van der Waals surface area (Å²) in [4.78, 5) is 74.8. The molecule has 8 N–H and O–H groups in total. The summed E-state index contributed by atoms with van der Waals surface area (Å²) >= 11 is 1.61. The summed E-state index contributed by atoms with van der Waals surface area (Å²) in [6, 6.07) is 37.9. The minimum Gasteiger partial charge on any atom is -0.494 e. The minimum atomic E-state index is -0.923. The van der Waals surface area contributed by atoms with Crippen LogP contribution in [0.1, 0.15) is 113 Å². The maximum absolute atomic E-state index is 13.6. The van der Waals surface area contributed by atoms with E-state index in [2.05, 4.69) is 58.9 Å². The van der Waals surface area contributed by atoms with Gasteiger partial charge in [0.2, 0.25) is 5.91 Å². The molecule has 8 rings (SSSR count). The maximum Gasteiger partial charge on any atom is 0.304 e. The maximum atomic E-state index is 13.6. The number of benzene rings is 6. The summed E-state index contributed by atoms with van der Waals surface area (Å²) in [6.07, 6.45) is 5.24. The fourth-order valence-electron chi connectivity index (χ4n) is 10.7. The van der Waals surface area contributed by atoms with Crippen molar-refractivity contribution in [2.24, 2.45) is 12.9 Å². The third-order valence-electron chi connectivity index (χ3n) is 15.8. The highest BCUT2D eigenvalue weighted by atomic mass is 32.2. The van der Waals surface area contributed by atoms with Gasteiger partial charge in [0, 0.05) is 98.4 Å². The van der Waals surface area contributed by atoms with E-state index >= 15 is 0 Å². The zero-order chi connectivity index (χ0) is 63.2. The van der Waals surface area contributed by atoms with Crippen LogP contribution in [0, 0.1) is 13.8 Å². The molecule has 20 heteroatoms. The number of carbonyl (C=O) groups is 4. The number of nitrogens with two attached hydrogens (primary N) is 2. The second kappa shape index (κ2) is 29.8. The van der Waals surface area contributed by atoms with E-state index in [0.717, 1.165) is 75.3 Å². The van der Waals surface area contributed by atoms with Crippen molar-refractivity contribution in [2.45, 2.75) is 89.5 Å². The quantitative estimate of drug-likeness (QED) is 0.00971. The van der Waals surface area contributed by atoms with Crippen molar-refractivity contribution in [1.29, 1.82) is 0 Å². The van der Waals surface area contributed by atoms with Gasteiger partial charge in [-0.3, -0.25) is 28.9 Å². The van der Waals surface area contributed by atoms with Crippen LogP contribution < -0.4 is 47.6 Å². The first-order valence-electron chi connectivity index (χ1n) is 29.7. The monoisotopic (exact) mass is 1210 g/mol. The van der Waals surface area contributed by atoms with Crippen molar-refractivity contribution in [1.82, 2.24) is 29.0 Å². The van der Waals surface area contributed by atoms with Crippen LogP contribution in [0.2, 0.25) is 0 Å². The van der Waals surface area contributed by atoms with Gasteiger partial charge in [-0.1, -0.05) is 76.1 Å². The Bertz CT molecular complexity index is 3640. The topological polar surface area (TPSA) is 243 Å². The van der Waals surface area contributed by atoms with Gasteiger partial charge >= 0.3 is 5.97 Å². The average Bonchev–Trinajstić information content (AvgIpc) is 2.78. The number of hydrogen-bond donors (Lipinski definition) is 6. The van der Waals surface area contributed by atoms with Crippen molar-refractivity contribution in [3.63, 3.8) is 0 Å². The number of nitrogens with one attached hydrogen (secondary N) is 3. The lowest BCUT2D eigenvalue weighted by Gasteiger charge is -2.34. The number of anilines is 5. The molecular formula is C68H83N11O8S. The summed E-state index contributed by atoms with van der Waals surface area (Å²) in [5, 5.41) is 20.6. The van der Waals surface area contributed by atoms with E-state index in [1.165, 1.54) is 16.7 Å². The first kappa shape index (κ1) is 65.3. The molecule has 19 nitrogen and oxygen atoms in total. The molecule has 0 saturated carbocycles. The number of unbranched alkanes of at least 4 members (excludes halogenated alkanes) is 3. The number of rotatable bonds is 26. The van der Waals surface area contributed by atoms with Crippen molar-refractivity contribution >= 4 is 64.2 Å². The van der Waals surface area contributed by atoms with Crippen LogP contribution >= 0.6 is 11.9 Å². The molecule has 1 unspecified atom stereocenters. The number of aliphatic carboxylic acids is 1. The van der Waals surface area contributed by atoms with Gasteiger partial charge in [0.15, 0.2) is 5.82 Å². The molecule has 464 valence electrons. The molecule has 1 saturated heterocycles. The molecule has 1 aliphatic heterocycles. The highest BCUT2D eigenvalue weighted by Crippen LogP contribution is 2.40.